The first-order valence-electron chi connectivity index (χ1n) is 5.35. The summed E-state index contributed by atoms with van der Waals surface area (Å²) in [5, 5.41) is 0. The van der Waals surface area contributed by atoms with Gasteiger partial charge in [0.05, 0.1) is 5.56 Å². The highest BCUT2D eigenvalue weighted by Gasteiger charge is 2.18. The van der Waals surface area contributed by atoms with Gasteiger partial charge in [0.1, 0.15) is 5.82 Å². The van der Waals surface area contributed by atoms with Gasteiger partial charge in [-0.2, -0.15) is 0 Å². The number of aryl methyl sites for hydroxylation is 1. The number of hydrogen-bond acceptors (Lipinski definition) is 1. The van der Waals surface area contributed by atoms with E-state index >= 15 is 0 Å². The summed E-state index contributed by atoms with van der Waals surface area (Å²) in [4.78, 5) is 12.1. The van der Waals surface area contributed by atoms with Gasteiger partial charge in [0.15, 0.2) is 17.4 Å². The highest BCUT2D eigenvalue weighted by Crippen LogP contribution is 2.21. The van der Waals surface area contributed by atoms with Crippen LogP contribution >= 0.6 is 15.9 Å². The maximum absolute atomic E-state index is 13.5. The standard InChI is InChI=1S/C14H8BrF3O/c1-7-2-8(4-9(15)3-7)14(19)10-5-12(17)13(18)6-11(10)16/h2-6H,1H3. The second kappa shape index (κ2) is 5.17. The molecule has 1 nitrogen and oxygen atoms in total. The van der Waals surface area contributed by atoms with E-state index in [2.05, 4.69) is 15.9 Å². The zero-order chi connectivity index (χ0) is 14.2. The molecule has 0 bridgehead atoms. The van der Waals surface area contributed by atoms with Crippen LogP contribution in [0, 0.1) is 24.4 Å². The Bertz CT molecular complexity index is 648. The number of carbonyl (C=O) groups excluding carboxylic acids is 1. The van der Waals surface area contributed by atoms with Crippen molar-refractivity contribution in [2.45, 2.75) is 6.92 Å². The van der Waals surface area contributed by atoms with Crippen LogP contribution in [0.4, 0.5) is 13.2 Å². The van der Waals surface area contributed by atoms with Gasteiger partial charge in [-0.1, -0.05) is 15.9 Å². The smallest absolute Gasteiger partial charge is 0.196 e. The van der Waals surface area contributed by atoms with E-state index in [1.165, 1.54) is 6.07 Å². The van der Waals surface area contributed by atoms with Crippen molar-refractivity contribution < 1.29 is 18.0 Å². The third-order valence-electron chi connectivity index (χ3n) is 2.56. The van der Waals surface area contributed by atoms with Gasteiger partial charge >= 0.3 is 0 Å². The molecule has 0 radical (unpaired) electrons. The number of ketones is 1. The molecule has 0 atom stereocenters. The highest BCUT2D eigenvalue weighted by molar-refractivity contribution is 9.10. The zero-order valence-electron chi connectivity index (χ0n) is 9.81. The molecule has 0 aromatic heterocycles. The van der Waals surface area contributed by atoms with Crippen LogP contribution in [-0.4, -0.2) is 5.78 Å². The van der Waals surface area contributed by atoms with Gasteiger partial charge in [-0.3, -0.25) is 4.79 Å². The van der Waals surface area contributed by atoms with Crippen LogP contribution in [0.5, 0.6) is 0 Å². The molecule has 5 heteroatoms. The Labute approximate surface area is 116 Å². The first kappa shape index (κ1) is 13.8. The van der Waals surface area contributed by atoms with Crippen molar-refractivity contribution in [3.8, 4) is 0 Å². The van der Waals surface area contributed by atoms with Gasteiger partial charge in [0.25, 0.3) is 0 Å². The summed E-state index contributed by atoms with van der Waals surface area (Å²) >= 11 is 3.22. The fourth-order valence-electron chi connectivity index (χ4n) is 1.72. The fourth-order valence-corrected chi connectivity index (χ4v) is 2.33. The molecule has 0 amide bonds. The van der Waals surface area contributed by atoms with Gasteiger partial charge in [-0.25, -0.2) is 13.2 Å². The van der Waals surface area contributed by atoms with Crippen LogP contribution in [-0.2, 0) is 0 Å². The lowest BCUT2D eigenvalue weighted by Gasteiger charge is -2.05. The van der Waals surface area contributed by atoms with Crippen LogP contribution in [0.2, 0.25) is 0 Å². The lowest BCUT2D eigenvalue weighted by molar-refractivity contribution is 0.103. The molecular weight excluding hydrogens is 321 g/mol. The molecule has 2 aromatic rings. The van der Waals surface area contributed by atoms with Gasteiger partial charge < -0.3 is 0 Å². The van der Waals surface area contributed by atoms with Crippen molar-refractivity contribution >= 4 is 21.7 Å². The molecule has 0 fully saturated rings. The average molecular weight is 329 g/mol. The van der Waals surface area contributed by atoms with Gasteiger partial charge in [-0.15, -0.1) is 0 Å². The molecule has 0 saturated carbocycles. The summed E-state index contributed by atoms with van der Waals surface area (Å²) in [7, 11) is 0. The van der Waals surface area contributed by atoms with Gasteiger partial charge in [0, 0.05) is 16.1 Å². The molecule has 0 N–H and O–H groups in total. The van der Waals surface area contributed by atoms with Crippen molar-refractivity contribution in [1.29, 1.82) is 0 Å². The summed E-state index contributed by atoms with van der Waals surface area (Å²) in [5.74, 6) is -4.35. The van der Waals surface area contributed by atoms with Crippen molar-refractivity contribution in [1.82, 2.24) is 0 Å². The topological polar surface area (TPSA) is 17.1 Å². The first-order valence-corrected chi connectivity index (χ1v) is 6.14. The molecule has 0 aliphatic heterocycles. The largest absolute Gasteiger partial charge is 0.288 e. The van der Waals surface area contributed by atoms with E-state index < -0.39 is 28.8 Å². The second-order valence-electron chi connectivity index (χ2n) is 4.09. The first-order chi connectivity index (χ1) is 8.88. The molecule has 0 spiro atoms. The minimum absolute atomic E-state index is 0.205. The Morgan fingerprint density at radius 3 is 2.21 bits per heavy atom. The number of carbonyl (C=O) groups is 1. The molecule has 0 aliphatic rings. The third-order valence-corrected chi connectivity index (χ3v) is 3.02. The Kier molecular flexibility index (Phi) is 3.75. The molecule has 0 aliphatic carbocycles. The Balaban J connectivity index is 2.53. The predicted octanol–water partition coefficient (Wildman–Crippen LogP) is 4.41. The molecule has 2 aromatic carbocycles. The van der Waals surface area contributed by atoms with E-state index in [-0.39, 0.29) is 5.56 Å². The SMILES string of the molecule is Cc1cc(Br)cc(C(=O)c2cc(F)c(F)cc2F)c1. The molecule has 19 heavy (non-hydrogen) atoms. The third kappa shape index (κ3) is 2.87. The van der Waals surface area contributed by atoms with Crippen LogP contribution < -0.4 is 0 Å². The summed E-state index contributed by atoms with van der Waals surface area (Å²) in [6.07, 6.45) is 0. The summed E-state index contributed by atoms with van der Waals surface area (Å²) in [5.41, 5.74) is 0.508. The Morgan fingerprint density at radius 1 is 0.947 bits per heavy atom. The van der Waals surface area contributed by atoms with Crippen LogP contribution in [0.1, 0.15) is 21.5 Å². The van der Waals surface area contributed by atoms with Crippen molar-refractivity contribution in [3.63, 3.8) is 0 Å². The number of rotatable bonds is 2. The second-order valence-corrected chi connectivity index (χ2v) is 5.01. The van der Waals surface area contributed by atoms with Crippen molar-refractivity contribution in [2.24, 2.45) is 0 Å². The average Bonchev–Trinajstić information content (AvgIpc) is 2.31. The minimum Gasteiger partial charge on any atom is -0.288 e. The fraction of sp³-hybridized carbons (Fsp3) is 0.0714. The quantitative estimate of drug-likeness (QED) is 0.589. The highest BCUT2D eigenvalue weighted by atomic mass is 79.9. The molecule has 0 unspecified atom stereocenters. The van der Waals surface area contributed by atoms with E-state index in [0.29, 0.717) is 16.6 Å². The van der Waals surface area contributed by atoms with E-state index in [1.807, 2.05) is 0 Å². The summed E-state index contributed by atoms with van der Waals surface area (Å²) in [6, 6.07) is 5.76. The zero-order valence-corrected chi connectivity index (χ0v) is 11.4. The number of benzene rings is 2. The normalized spacial score (nSPS) is 10.6. The number of halogens is 4. The van der Waals surface area contributed by atoms with Gasteiger partial charge in [-0.05, 0) is 36.8 Å². The van der Waals surface area contributed by atoms with Crippen molar-refractivity contribution in [3.05, 3.63) is 68.9 Å². The Hall–Kier alpha value is -1.62. The van der Waals surface area contributed by atoms with E-state index in [0.717, 1.165) is 5.56 Å². The Morgan fingerprint density at radius 2 is 1.58 bits per heavy atom. The van der Waals surface area contributed by atoms with E-state index in [9.17, 15) is 18.0 Å². The molecule has 0 heterocycles. The maximum atomic E-state index is 13.5. The van der Waals surface area contributed by atoms with Crippen LogP contribution in [0.25, 0.3) is 0 Å². The van der Waals surface area contributed by atoms with Crippen molar-refractivity contribution in [2.75, 3.05) is 0 Å². The van der Waals surface area contributed by atoms with Crippen LogP contribution in [0.15, 0.2) is 34.8 Å². The lowest BCUT2D eigenvalue weighted by atomic mass is 10.0. The minimum atomic E-state index is -1.32. The van der Waals surface area contributed by atoms with E-state index in [1.54, 1.807) is 19.1 Å². The van der Waals surface area contributed by atoms with Crippen LogP contribution in [0.3, 0.4) is 0 Å². The predicted molar refractivity (Wildman–Crippen MR) is 68.6 cm³/mol. The maximum Gasteiger partial charge on any atom is 0.196 e. The lowest BCUT2D eigenvalue weighted by Crippen LogP contribution is -2.06. The monoisotopic (exact) mass is 328 g/mol. The van der Waals surface area contributed by atoms with E-state index in [4.69, 9.17) is 0 Å². The summed E-state index contributed by atoms with van der Waals surface area (Å²) < 4.78 is 40.1. The molecule has 2 rings (SSSR count). The van der Waals surface area contributed by atoms with Gasteiger partial charge in [0.2, 0.25) is 0 Å². The molecule has 98 valence electrons. The number of hydrogen-bond donors (Lipinski definition) is 0. The molecule has 0 saturated heterocycles. The summed E-state index contributed by atoms with van der Waals surface area (Å²) in [6.45, 7) is 1.77. The molecular formula is C14H8BrF3O.